The van der Waals surface area contributed by atoms with Crippen LogP contribution in [0.1, 0.15) is 10.4 Å². The number of amides is 1. The van der Waals surface area contributed by atoms with Crippen LogP contribution in [0.3, 0.4) is 0 Å². The monoisotopic (exact) mass is 268 g/mol. The first-order valence-electron chi connectivity index (χ1n) is 4.56. The molecule has 2 heterocycles. The minimum absolute atomic E-state index is 0.0854. The van der Waals surface area contributed by atoms with Crippen molar-refractivity contribution in [1.29, 1.82) is 0 Å². The molecule has 0 aromatic carbocycles. The van der Waals surface area contributed by atoms with Crippen molar-refractivity contribution in [2.24, 2.45) is 0 Å². The van der Waals surface area contributed by atoms with E-state index in [-0.39, 0.29) is 21.9 Å². The molecular formula is C10H6Cl2N4O. The molecule has 7 heteroatoms. The van der Waals surface area contributed by atoms with E-state index in [1.807, 2.05) is 0 Å². The Morgan fingerprint density at radius 3 is 2.53 bits per heavy atom. The van der Waals surface area contributed by atoms with E-state index in [9.17, 15) is 4.79 Å². The van der Waals surface area contributed by atoms with Crippen LogP contribution in [0.4, 0.5) is 5.69 Å². The number of pyridine rings is 1. The second kappa shape index (κ2) is 5.07. The molecule has 0 spiro atoms. The maximum Gasteiger partial charge on any atom is 0.257 e. The van der Waals surface area contributed by atoms with E-state index in [0.717, 1.165) is 0 Å². The Morgan fingerprint density at radius 1 is 1.24 bits per heavy atom. The average molecular weight is 269 g/mol. The zero-order chi connectivity index (χ0) is 12.3. The van der Waals surface area contributed by atoms with Gasteiger partial charge in [0.2, 0.25) is 0 Å². The summed E-state index contributed by atoms with van der Waals surface area (Å²) < 4.78 is 0. The van der Waals surface area contributed by atoms with Crippen molar-refractivity contribution in [3.8, 4) is 0 Å². The summed E-state index contributed by atoms with van der Waals surface area (Å²) in [4.78, 5) is 23.1. The number of aromatic nitrogens is 3. The molecule has 0 saturated carbocycles. The van der Waals surface area contributed by atoms with Crippen LogP contribution in [0.5, 0.6) is 0 Å². The van der Waals surface area contributed by atoms with Gasteiger partial charge in [0.1, 0.15) is 12.0 Å². The highest BCUT2D eigenvalue weighted by molar-refractivity contribution is 6.38. The van der Waals surface area contributed by atoms with Crippen LogP contribution >= 0.6 is 23.2 Å². The summed E-state index contributed by atoms with van der Waals surface area (Å²) in [7, 11) is 0. The first-order valence-corrected chi connectivity index (χ1v) is 5.31. The summed E-state index contributed by atoms with van der Waals surface area (Å²) in [6.45, 7) is 0. The maximum absolute atomic E-state index is 11.8. The van der Waals surface area contributed by atoms with Crippen molar-refractivity contribution in [3.63, 3.8) is 0 Å². The van der Waals surface area contributed by atoms with E-state index in [4.69, 9.17) is 23.2 Å². The van der Waals surface area contributed by atoms with Gasteiger partial charge in [0.25, 0.3) is 5.91 Å². The minimum Gasteiger partial charge on any atom is -0.317 e. The van der Waals surface area contributed by atoms with E-state index in [2.05, 4.69) is 20.3 Å². The summed E-state index contributed by atoms with van der Waals surface area (Å²) in [5, 5.41) is 2.70. The molecule has 5 nitrogen and oxygen atoms in total. The number of hydrogen-bond donors (Lipinski definition) is 1. The Morgan fingerprint density at radius 2 is 1.94 bits per heavy atom. The van der Waals surface area contributed by atoms with Crippen molar-refractivity contribution >= 4 is 34.8 Å². The molecule has 0 bridgehead atoms. The number of halogens is 2. The standard InChI is InChI=1S/C10H6Cl2N4O/c11-8-7(9(12)15-5-14-8)16-10(17)6-2-1-3-13-4-6/h1-5H,(H,16,17). The molecule has 0 radical (unpaired) electrons. The highest BCUT2D eigenvalue weighted by Gasteiger charge is 2.12. The summed E-state index contributed by atoms with van der Waals surface area (Å²) in [5.41, 5.74) is 0.577. The van der Waals surface area contributed by atoms with Crippen LogP contribution < -0.4 is 5.32 Å². The molecule has 0 saturated heterocycles. The van der Waals surface area contributed by atoms with Crippen LogP contribution in [0.2, 0.25) is 10.3 Å². The average Bonchev–Trinajstić information content (AvgIpc) is 2.35. The summed E-state index contributed by atoms with van der Waals surface area (Å²) in [6.07, 6.45) is 4.22. The van der Waals surface area contributed by atoms with Crippen molar-refractivity contribution < 1.29 is 4.79 Å². The number of carbonyl (C=O) groups is 1. The smallest absolute Gasteiger partial charge is 0.257 e. The van der Waals surface area contributed by atoms with Gasteiger partial charge in [0, 0.05) is 12.4 Å². The Labute approximate surface area is 107 Å². The SMILES string of the molecule is O=C(Nc1c(Cl)ncnc1Cl)c1cccnc1. The van der Waals surface area contributed by atoms with Gasteiger partial charge in [-0.1, -0.05) is 23.2 Å². The second-order valence-electron chi connectivity index (χ2n) is 3.03. The van der Waals surface area contributed by atoms with Crippen molar-refractivity contribution in [2.45, 2.75) is 0 Å². The van der Waals surface area contributed by atoms with Crippen LogP contribution in [-0.4, -0.2) is 20.9 Å². The fraction of sp³-hybridized carbons (Fsp3) is 0. The molecule has 1 amide bonds. The first-order chi connectivity index (χ1) is 8.18. The van der Waals surface area contributed by atoms with Gasteiger partial charge < -0.3 is 5.32 Å². The molecular weight excluding hydrogens is 263 g/mol. The molecule has 17 heavy (non-hydrogen) atoms. The lowest BCUT2D eigenvalue weighted by molar-refractivity contribution is 0.102. The first kappa shape index (κ1) is 11.8. The van der Waals surface area contributed by atoms with Gasteiger partial charge >= 0.3 is 0 Å². The summed E-state index contributed by atoms with van der Waals surface area (Å²) in [5.74, 6) is -0.378. The minimum atomic E-state index is -0.378. The fourth-order valence-corrected chi connectivity index (χ4v) is 1.54. The van der Waals surface area contributed by atoms with E-state index in [1.165, 1.54) is 12.5 Å². The molecule has 2 aromatic rings. The van der Waals surface area contributed by atoms with Crippen molar-refractivity contribution in [1.82, 2.24) is 15.0 Å². The van der Waals surface area contributed by atoms with Gasteiger partial charge in [-0.05, 0) is 12.1 Å². The van der Waals surface area contributed by atoms with Crippen LogP contribution in [0.25, 0.3) is 0 Å². The Balaban J connectivity index is 2.25. The second-order valence-corrected chi connectivity index (χ2v) is 3.74. The van der Waals surface area contributed by atoms with Crippen LogP contribution in [0, 0.1) is 0 Å². The molecule has 1 N–H and O–H groups in total. The lowest BCUT2D eigenvalue weighted by Gasteiger charge is -2.06. The van der Waals surface area contributed by atoms with E-state index in [1.54, 1.807) is 18.3 Å². The van der Waals surface area contributed by atoms with E-state index < -0.39 is 0 Å². The molecule has 2 rings (SSSR count). The summed E-state index contributed by atoms with van der Waals surface area (Å²) in [6, 6.07) is 3.27. The maximum atomic E-state index is 11.8. The number of hydrogen-bond acceptors (Lipinski definition) is 4. The number of nitrogens with one attached hydrogen (secondary N) is 1. The number of nitrogens with zero attached hydrogens (tertiary/aromatic N) is 3. The number of carbonyl (C=O) groups excluding carboxylic acids is 1. The fourth-order valence-electron chi connectivity index (χ4n) is 1.13. The van der Waals surface area contributed by atoms with Gasteiger partial charge in [-0.25, -0.2) is 9.97 Å². The van der Waals surface area contributed by atoms with Crippen LogP contribution in [-0.2, 0) is 0 Å². The third-order valence-electron chi connectivity index (χ3n) is 1.92. The molecule has 0 aliphatic carbocycles. The van der Waals surface area contributed by atoms with Gasteiger partial charge in [-0.3, -0.25) is 9.78 Å². The summed E-state index contributed by atoms with van der Waals surface area (Å²) >= 11 is 11.6. The van der Waals surface area contributed by atoms with Crippen LogP contribution in [0.15, 0.2) is 30.9 Å². The molecule has 0 aliphatic rings. The van der Waals surface area contributed by atoms with Gasteiger partial charge in [0.15, 0.2) is 10.3 Å². The third-order valence-corrected chi connectivity index (χ3v) is 2.49. The highest BCUT2D eigenvalue weighted by atomic mass is 35.5. The molecule has 86 valence electrons. The topological polar surface area (TPSA) is 67.8 Å². The number of anilines is 1. The lowest BCUT2D eigenvalue weighted by atomic mass is 10.2. The Hall–Kier alpha value is -1.72. The predicted molar refractivity (Wildman–Crippen MR) is 64.2 cm³/mol. The Bertz CT molecular complexity index is 527. The largest absolute Gasteiger partial charge is 0.317 e. The van der Waals surface area contributed by atoms with Gasteiger partial charge in [0.05, 0.1) is 5.56 Å². The molecule has 2 aromatic heterocycles. The molecule has 0 fully saturated rings. The Kier molecular flexibility index (Phi) is 3.51. The highest BCUT2D eigenvalue weighted by Crippen LogP contribution is 2.25. The number of rotatable bonds is 2. The van der Waals surface area contributed by atoms with E-state index in [0.29, 0.717) is 5.56 Å². The quantitative estimate of drug-likeness (QED) is 0.850. The van der Waals surface area contributed by atoms with Gasteiger partial charge in [-0.2, -0.15) is 0 Å². The van der Waals surface area contributed by atoms with Crippen molar-refractivity contribution in [3.05, 3.63) is 46.7 Å². The molecule has 0 atom stereocenters. The zero-order valence-electron chi connectivity index (χ0n) is 8.39. The third kappa shape index (κ3) is 2.69. The molecule has 0 unspecified atom stereocenters. The molecule has 0 aliphatic heterocycles. The zero-order valence-corrected chi connectivity index (χ0v) is 9.90. The van der Waals surface area contributed by atoms with E-state index >= 15 is 0 Å². The lowest BCUT2D eigenvalue weighted by Crippen LogP contribution is -2.13. The van der Waals surface area contributed by atoms with Crippen molar-refractivity contribution in [2.75, 3.05) is 5.32 Å². The van der Waals surface area contributed by atoms with Gasteiger partial charge in [-0.15, -0.1) is 0 Å². The predicted octanol–water partition coefficient (Wildman–Crippen LogP) is 2.43. The normalized spacial score (nSPS) is 10.0.